The summed E-state index contributed by atoms with van der Waals surface area (Å²) in [6.07, 6.45) is 5.16. The molecule has 3 heterocycles. The quantitative estimate of drug-likeness (QED) is 0.510. The number of carbonyl (C=O) groups excluding carboxylic acids is 1. The number of para-hydroxylation sites is 1. The summed E-state index contributed by atoms with van der Waals surface area (Å²) in [5.74, 6) is -1.49. The highest BCUT2D eigenvalue weighted by Crippen LogP contribution is 2.18. The average Bonchev–Trinajstić information content (AvgIpc) is 3.17. The number of nitrogens with one attached hydrogen (secondary N) is 2. The number of rotatable bonds is 5. The van der Waals surface area contributed by atoms with Crippen molar-refractivity contribution in [1.82, 2.24) is 19.7 Å². The van der Waals surface area contributed by atoms with Gasteiger partial charge in [0.15, 0.2) is 5.82 Å². The van der Waals surface area contributed by atoms with E-state index >= 15 is 0 Å². The molecule has 2 N–H and O–H groups in total. The minimum Gasteiger partial charge on any atom is -0.444 e. The SMILES string of the molecule is O=C(Nc1c(F)cccc1F)OCc1ccc(-n2[nH]cc(-c3cccnc3)c2=O)nc1. The van der Waals surface area contributed by atoms with E-state index in [-0.39, 0.29) is 12.2 Å². The van der Waals surface area contributed by atoms with Crippen LogP contribution in [0.5, 0.6) is 0 Å². The number of aromatic amines is 1. The third kappa shape index (κ3) is 4.32. The highest BCUT2D eigenvalue weighted by Gasteiger charge is 2.14. The average molecular weight is 423 g/mol. The van der Waals surface area contributed by atoms with Crippen LogP contribution in [-0.4, -0.2) is 25.8 Å². The predicted octanol–water partition coefficient (Wildman–Crippen LogP) is 3.65. The molecule has 0 atom stereocenters. The molecule has 0 unspecified atom stereocenters. The number of hydrogen-bond acceptors (Lipinski definition) is 5. The number of ether oxygens (including phenoxy) is 1. The zero-order valence-corrected chi connectivity index (χ0v) is 15.9. The second-order valence-corrected chi connectivity index (χ2v) is 6.39. The van der Waals surface area contributed by atoms with Gasteiger partial charge < -0.3 is 4.74 Å². The van der Waals surface area contributed by atoms with E-state index in [0.29, 0.717) is 22.5 Å². The van der Waals surface area contributed by atoms with Crippen LogP contribution in [-0.2, 0) is 11.3 Å². The monoisotopic (exact) mass is 423 g/mol. The first-order chi connectivity index (χ1) is 15.0. The van der Waals surface area contributed by atoms with Crippen LogP contribution in [0.25, 0.3) is 16.9 Å². The second-order valence-electron chi connectivity index (χ2n) is 6.39. The van der Waals surface area contributed by atoms with Crippen molar-refractivity contribution < 1.29 is 18.3 Å². The maximum Gasteiger partial charge on any atom is 0.412 e. The van der Waals surface area contributed by atoms with Gasteiger partial charge in [-0.05, 0) is 24.3 Å². The van der Waals surface area contributed by atoms with E-state index in [1.807, 2.05) is 5.32 Å². The lowest BCUT2D eigenvalue weighted by Crippen LogP contribution is -2.17. The molecule has 8 nitrogen and oxygen atoms in total. The molecule has 0 aliphatic carbocycles. The summed E-state index contributed by atoms with van der Waals surface area (Å²) >= 11 is 0. The van der Waals surface area contributed by atoms with Crippen molar-refractivity contribution in [3.8, 4) is 16.9 Å². The molecule has 0 saturated heterocycles. The molecule has 0 fully saturated rings. The standard InChI is InChI=1S/C21H15F2N5O3/c22-16-4-1-5-17(23)19(16)27-21(30)31-12-13-6-7-18(25-9-13)28-20(29)15(11-26-28)14-3-2-8-24-10-14/h1-11,26H,12H2,(H,27,30). The van der Waals surface area contributed by atoms with E-state index in [4.69, 9.17) is 4.74 Å². The summed E-state index contributed by atoms with van der Waals surface area (Å²) in [6, 6.07) is 9.90. The minimum atomic E-state index is -1.02. The first-order valence-electron chi connectivity index (χ1n) is 9.07. The first-order valence-corrected chi connectivity index (χ1v) is 9.07. The van der Waals surface area contributed by atoms with E-state index < -0.39 is 23.4 Å². The van der Waals surface area contributed by atoms with Crippen molar-refractivity contribution >= 4 is 11.8 Å². The number of carbonyl (C=O) groups is 1. The summed E-state index contributed by atoms with van der Waals surface area (Å²) in [4.78, 5) is 32.6. The summed E-state index contributed by atoms with van der Waals surface area (Å²) in [5, 5.41) is 4.87. The van der Waals surface area contributed by atoms with E-state index in [9.17, 15) is 18.4 Å². The third-order valence-electron chi connectivity index (χ3n) is 4.34. The molecule has 3 aromatic heterocycles. The maximum absolute atomic E-state index is 13.6. The lowest BCUT2D eigenvalue weighted by molar-refractivity contribution is 0.154. The molecule has 1 aromatic carbocycles. The molecule has 10 heteroatoms. The van der Waals surface area contributed by atoms with Crippen LogP contribution in [0.15, 0.2) is 72.0 Å². The fraction of sp³-hybridized carbons (Fsp3) is 0.0476. The van der Waals surface area contributed by atoms with Gasteiger partial charge in [0.1, 0.15) is 23.9 Å². The molecule has 31 heavy (non-hydrogen) atoms. The molecule has 1 amide bonds. The Morgan fingerprint density at radius 1 is 1.10 bits per heavy atom. The van der Waals surface area contributed by atoms with E-state index in [1.54, 1.807) is 42.9 Å². The largest absolute Gasteiger partial charge is 0.444 e. The fourth-order valence-electron chi connectivity index (χ4n) is 2.81. The molecule has 0 saturated carbocycles. The van der Waals surface area contributed by atoms with Crippen LogP contribution >= 0.6 is 0 Å². The topological polar surface area (TPSA) is 102 Å². The van der Waals surface area contributed by atoms with Gasteiger partial charge in [-0.3, -0.25) is 20.2 Å². The molecule has 0 bridgehead atoms. The van der Waals surface area contributed by atoms with Gasteiger partial charge in [-0.1, -0.05) is 18.2 Å². The number of benzene rings is 1. The number of amides is 1. The third-order valence-corrected chi connectivity index (χ3v) is 4.34. The van der Waals surface area contributed by atoms with Gasteiger partial charge in [0.25, 0.3) is 5.56 Å². The second kappa shape index (κ2) is 8.57. The van der Waals surface area contributed by atoms with Gasteiger partial charge in [-0.25, -0.2) is 23.2 Å². The first kappa shape index (κ1) is 20.0. The Balaban J connectivity index is 1.42. The van der Waals surface area contributed by atoms with Gasteiger partial charge in [0, 0.05) is 35.9 Å². The highest BCUT2D eigenvalue weighted by atomic mass is 19.1. The van der Waals surface area contributed by atoms with Gasteiger partial charge in [0.05, 0.1) is 5.56 Å². The van der Waals surface area contributed by atoms with Crippen LogP contribution in [0.4, 0.5) is 19.3 Å². The normalized spacial score (nSPS) is 10.6. The molecular formula is C21H15F2N5O3. The number of nitrogens with zero attached hydrogens (tertiary/aromatic N) is 3. The number of halogens is 2. The molecule has 0 aliphatic heterocycles. The Hall–Kier alpha value is -4.34. The number of aromatic nitrogens is 4. The van der Waals surface area contributed by atoms with E-state index in [2.05, 4.69) is 15.1 Å². The molecular weight excluding hydrogens is 408 g/mol. The minimum absolute atomic E-state index is 0.185. The van der Waals surface area contributed by atoms with Crippen LogP contribution in [0, 0.1) is 11.6 Å². The van der Waals surface area contributed by atoms with Crippen molar-refractivity contribution in [3.63, 3.8) is 0 Å². The molecule has 0 radical (unpaired) electrons. The summed E-state index contributed by atoms with van der Waals surface area (Å²) in [6.45, 7) is -0.185. The smallest absolute Gasteiger partial charge is 0.412 e. The van der Waals surface area contributed by atoms with Gasteiger partial charge in [-0.15, -0.1) is 0 Å². The van der Waals surface area contributed by atoms with Crippen molar-refractivity contribution in [1.29, 1.82) is 0 Å². The Morgan fingerprint density at radius 3 is 2.58 bits per heavy atom. The lowest BCUT2D eigenvalue weighted by atomic mass is 10.2. The summed E-state index contributed by atoms with van der Waals surface area (Å²) in [7, 11) is 0. The van der Waals surface area contributed by atoms with Crippen molar-refractivity contribution in [2.24, 2.45) is 0 Å². The van der Waals surface area contributed by atoms with Crippen LogP contribution in [0.1, 0.15) is 5.56 Å². The fourth-order valence-corrected chi connectivity index (χ4v) is 2.81. The summed E-state index contributed by atoms with van der Waals surface area (Å²) < 4.78 is 33.4. The number of hydrogen-bond donors (Lipinski definition) is 2. The number of H-pyrrole nitrogens is 1. The Labute approximate surface area is 174 Å². The molecule has 4 aromatic rings. The van der Waals surface area contributed by atoms with Crippen molar-refractivity contribution in [2.75, 3.05) is 5.32 Å². The Morgan fingerprint density at radius 2 is 1.90 bits per heavy atom. The van der Waals surface area contributed by atoms with Crippen molar-refractivity contribution in [2.45, 2.75) is 6.61 Å². The Bertz CT molecular complexity index is 1250. The van der Waals surface area contributed by atoms with Gasteiger partial charge in [-0.2, -0.15) is 0 Å². The van der Waals surface area contributed by atoms with Crippen LogP contribution in [0.2, 0.25) is 0 Å². The highest BCUT2D eigenvalue weighted by molar-refractivity contribution is 5.84. The van der Waals surface area contributed by atoms with Crippen LogP contribution in [0.3, 0.4) is 0 Å². The maximum atomic E-state index is 13.6. The van der Waals surface area contributed by atoms with Gasteiger partial charge >= 0.3 is 6.09 Å². The molecule has 156 valence electrons. The van der Waals surface area contributed by atoms with E-state index in [0.717, 1.165) is 12.1 Å². The zero-order valence-electron chi connectivity index (χ0n) is 15.9. The zero-order chi connectivity index (χ0) is 21.8. The number of anilines is 1. The van der Waals surface area contributed by atoms with Gasteiger partial charge in [0.2, 0.25) is 0 Å². The molecule has 0 aliphatic rings. The Kier molecular flexibility index (Phi) is 5.52. The summed E-state index contributed by atoms with van der Waals surface area (Å²) in [5.41, 5.74) is 0.747. The predicted molar refractivity (Wildman–Crippen MR) is 108 cm³/mol. The molecule has 0 spiro atoms. The van der Waals surface area contributed by atoms with E-state index in [1.165, 1.54) is 16.9 Å². The van der Waals surface area contributed by atoms with Crippen LogP contribution < -0.4 is 10.9 Å². The number of pyridine rings is 2. The molecule has 4 rings (SSSR count). The lowest BCUT2D eigenvalue weighted by Gasteiger charge is -2.09. The van der Waals surface area contributed by atoms with Crippen molar-refractivity contribution in [3.05, 3.63) is 94.8 Å².